The van der Waals surface area contributed by atoms with Crippen LogP contribution < -0.4 is 5.32 Å². The Balaban J connectivity index is 1.88. The molecule has 1 unspecified atom stereocenters. The molecule has 1 aromatic heterocycles. The van der Waals surface area contributed by atoms with E-state index in [2.05, 4.69) is 36.7 Å². The van der Waals surface area contributed by atoms with E-state index in [4.69, 9.17) is 0 Å². The third kappa shape index (κ3) is 3.65. The first-order chi connectivity index (χ1) is 8.65. The molecule has 0 amide bonds. The van der Waals surface area contributed by atoms with Crippen molar-refractivity contribution in [2.45, 2.75) is 32.4 Å². The average Bonchev–Trinajstić information content (AvgIpc) is 2.85. The van der Waals surface area contributed by atoms with Crippen LogP contribution in [0.4, 0.5) is 4.39 Å². The molecule has 0 aliphatic carbocycles. The SMILES string of the molecule is CC(Cc1ccc(F)cc1)N[C@@H](C)c1cccs1. The van der Waals surface area contributed by atoms with Crippen molar-refractivity contribution >= 4 is 11.3 Å². The van der Waals surface area contributed by atoms with E-state index in [0.29, 0.717) is 12.1 Å². The van der Waals surface area contributed by atoms with Gasteiger partial charge in [0.1, 0.15) is 5.82 Å². The van der Waals surface area contributed by atoms with Crippen LogP contribution in [0.15, 0.2) is 41.8 Å². The Bertz CT molecular complexity index is 464. The van der Waals surface area contributed by atoms with Crippen LogP contribution >= 0.6 is 11.3 Å². The van der Waals surface area contributed by atoms with Crippen LogP contribution in [-0.4, -0.2) is 6.04 Å². The zero-order chi connectivity index (χ0) is 13.0. The van der Waals surface area contributed by atoms with Crippen LogP contribution in [0.3, 0.4) is 0 Å². The van der Waals surface area contributed by atoms with Crippen molar-refractivity contribution in [1.82, 2.24) is 5.32 Å². The molecule has 1 heterocycles. The fourth-order valence-electron chi connectivity index (χ4n) is 2.08. The van der Waals surface area contributed by atoms with Gasteiger partial charge in [-0.15, -0.1) is 11.3 Å². The third-order valence-corrected chi connectivity index (χ3v) is 4.01. The van der Waals surface area contributed by atoms with Gasteiger partial charge < -0.3 is 5.32 Å². The lowest BCUT2D eigenvalue weighted by atomic mass is 10.1. The predicted molar refractivity (Wildman–Crippen MR) is 75.4 cm³/mol. The highest BCUT2D eigenvalue weighted by atomic mass is 32.1. The molecule has 2 aromatic rings. The highest BCUT2D eigenvalue weighted by molar-refractivity contribution is 7.10. The Morgan fingerprint density at radius 2 is 1.89 bits per heavy atom. The minimum absolute atomic E-state index is 0.175. The molecular formula is C15H18FNS. The van der Waals surface area contributed by atoms with E-state index < -0.39 is 0 Å². The van der Waals surface area contributed by atoms with Crippen LogP contribution in [0.25, 0.3) is 0 Å². The van der Waals surface area contributed by atoms with Gasteiger partial charge in [0.25, 0.3) is 0 Å². The molecule has 2 rings (SSSR count). The quantitative estimate of drug-likeness (QED) is 0.853. The van der Waals surface area contributed by atoms with E-state index in [1.807, 2.05) is 12.1 Å². The molecule has 0 saturated carbocycles. The maximum Gasteiger partial charge on any atom is 0.123 e. The van der Waals surface area contributed by atoms with Crippen molar-refractivity contribution in [3.63, 3.8) is 0 Å². The van der Waals surface area contributed by atoms with Gasteiger partial charge in [-0.2, -0.15) is 0 Å². The summed E-state index contributed by atoms with van der Waals surface area (Å²) in [5.41, 5.74) is 1.16. The van der Waals surface area contributed by atoms with Gasteiger partial charge in [-0.1, -0.05) is 18.2 Å². The van der Waals surface area contributed by atoms with E-state index in [1.165, 1.54) is 17.0 Å². The van der Waals surface area contributed by atoms with E-state index in [0.717, 1.165) is 12.0 Å². The van der Waals surface area contributed by atoms with Gasteiger partial charge >= 0.3 is 0 Å². The molecule has 2 atom stereocenters. The zero-order valence-corrected chi connectivity index (χ0v) is 11.5. The number of thiophene rings is 1. The van der Waals surface area contributed by atoms with Crippen molar-refractivity contribution in [3.05, 3.63) is 58.0 Å². The molecule has 3 heteroatoms. The third-order valence-electron chi connectivity index (χ3n) is 2.96. The van der Waals surface area contributed by atoms with Gasteiger partial charge in [0.05, 0.1) is 0 Å². The van der Waals surface area contributed by atoms with Crippen molar-refractivity contribution in [1.29, 1.82) is 0 Å². The molecule has 0 aliphatic rings. The van der Waals surface area contributed by atoms with E-state index in [1.54, 1.807) is 11.3 Å². The molecule has 0 spiro atoms. The van der Waals surface area contributed by atoms with Crippen LogP contribution in [0.1, 0.15) is 30.3 Å². The molecule has 0 fully saturated rings. The summed E-state index contributed by atoms with van der Waals surface area (Å²) in [6, 6.07) is 11.7. The van der Waals surface area contributed by atoms with E-state index in [9.17, 15) is 4.39 Å². The first kappa shape index (κ1) is 13.2. The predicted octanol–water partition coefficient (Wildman–Crippen LogP) is 4.17. The minimum Gasteiger partial charge on any atom is -0.307 e. The van der Waals surface area contributed by atoms with Gasteiger partial charge in [0, 0.05) is 17.0 Å². The number of rotatable bonds is 5. The van der Waals surface area contributed by atoms with Gasteiger partial charge in [-0.3, -0.25) is 0 Å². The summed E-state index contributed by atoms with van der Waals surface area (Å²) >= 11 is 1.77. The average molecular weight is 263 g/mol. The van der Waals surface area contributed by atoms with Gasteiger partial charge in [-0.25, -0.2) is 4.39 Å². The lowest BCUT2D eigenvalue weighted by molar-refractivity contribution is 0.481. The topological polar surface area (TPSA) is 12.0 Å². The summed E-state index contributed by atoms with van der Waals surface area (Å²) in [5, 5.41) is 5.66. The van der Waals surface area contributed by atoms with Gasteiger partial charge in [-0.05, 0) is 49.4 Å². The Labute approximate surface area is 112 Å². The second kappa shape index (κ2) is 6.12. The Morgan fingerprint density at radius 3 is 2.50 bits per heavy atom. The van der Waals surface area contributed by atoms with Crippen LogP contribution in [0, 0.1) is 5.82 Å². The van der Waals surface area contributed by atoms with E-state index in [-0.39, 0.29) is 5.82 Å². The second-order valence-electron chi connectivity index (χ2n) is 4.64. The number of nitrogens with one attached hydrogen (secondary N) is 1. The molecular weight excluding hydrogens is 245 g/mol. The highest BCUT2D eigenvalue weighted by Gasteiger charge is 2.10. The molecule has 0 bridgehead atoms. The van der Waals surface area contributed by atoms with Crippen molar-refractivity contribution < 1.29 is 4.39 Å². The fourth-order valence-corrected chi connectivity index (χ4v) is 2.82. The maximum atomic E-state index is 12.8. The molecule has 96 valence electrons. The lowest BCUT2D eigenvalue weighted by Crippen LogP contribution is -2.30. The van der Waals surface area contributed by atoms with Gasteiger partial charge in [0.2, 0.25) is 0 Å². The van der Waals surface area contributed by atoms with Crippen molar-refractivity contribution in [2.75, 3.05) is 0 Å². The summed E-state index contributed by atoms with van der Waals surface area (Å²) in [5.74, 6) is -0.175. The van der Waals surface area contributed by atoms with Crippen LogP contribution in [-0.2, 0) is 6.42 Å². The number of benzene rings is 1. The molecule has 1 aromatic carbocycles. The number of halogens is 1. The molecule has 1 nitrogen and oxygen atoms in total. The summed E-state index contributed by atoms with van der Waals surface area (Å²) in [4.78, 5) is 1.35. The number of hydrogen-bond donors (Lipinski definition) is 1. The Morgan fingerprint density at radius 1 is 1.17 bits per heavy atom. The first-order valence-electron chi connectivity index (χ1n) is 6.19. The molecule has 18 heavy (non-hydrogen) atoms. The molecule has 0 saturated heterocycles. The van der Waals surface area contributed by atoms with Crippen LogP contribution in [0.5, 0.6) is 0 Å². The summed E-state index contributed by atoms with van der Waals surface area (Å²) < 4.78 is 12.8. The smallest absolute Gasteiger partial charge is 0.123 e. The zero-order valence-electron chi connectivity index (χ0n) is 10.7. The highest BCUT2D eigenvalue weighted by Crippen LogP contribution is 2.19. The molecule has 0 aliphatic heterocycles. The van der Waals surface area contributed by atoms with Crippen molar-refractivity contribution in [3.8, 4) is 0 Å². The largest absolute Gasteiger partial charge is 0.307 e. The Kier molecular flexibility index (Phi) is 4.50. The Hall–Kier alpha value is -1.19. The summed E-state index contributed by atoms with van der Waals surface area (Å²) in [6.07, 6.45) is 0.913. The lowest BCUT2D eigenvalue weighted by Gasteiger charge is -2.19. The maximum absolute atomic E-state index is 12.8. The standard InChI is InChI=1S/C15H18FNS/c1-11(10-13-5-7-14(16)8-6-13)17-12(2)15-4-3-9-18-15/h3-9,11-12,17H,10H2,1-2H3/t11?,12-/m0/s1. The molecule has 1 N–H and O–H groups in total. The van der Waals surface area contributed by atoms with E-state index >= 15 is 0 Å². The first-order valence-corrected chi connectivity index (χ1v) is 7.07. The monoisotopic (exact) mass is 263 g/mol. The fraction of sp³-hybridized carbons (Fsp3) is 0.333. The summed E-state index contributed by atoms with van der Waals surface area (Å²) in [6.45, 7) is 4.33. The van der Waals surface area contributed by atoms with Gasteiger partial charge in [0.15, 0.2) is 0 Å². The molecule has 0 radical (unpaired) electrons. The van der Waals surface area contributed by atoms with Crippen LogP contribution in [0.2, 0.25) is 0 Å². The second-order valence-corrected chi connectivity index (χ2v) is 5.61. The number of hydrogen-bond acceptors (Lipinski definition) is 2. The van der Waals surface area contributed by atoms with Crippen molar-refractivity contribution in [2.24, 2.45) is 0 Å². The normalized spacial score (nSPS) is 14.4. The summed E-state index contributed by atoms with van der Waals surface area (Å²) in [7, 11) is 0. The minimum atomic E-state index is -0.175.